The van der Waals surface area contributed by atoms with E-state index in [1.54, 1.807) is 11.3 Å². The van der Waals surface area contributed by atoms with Gasteiger partial charge in [0.2, 0.25) is 5.91 Å². The number of carbonyl (C=O) groups is 1. The molecule has 1 fully saturated rings. The van der Waals surface area contributed by atoms with Gasteiger partial charge in [-0.2, -0.15) is 0 Å². The number of thiazole rings is 1. The fourth-order valence-corrected chi connectivity index (χ4v) is 2.98. The van der Waals surface area contributed by atoms with Gasteiger partial charge in [-0.3, -0.25) is 4.79 Å². The normalized spacial score (nSPS) is 17.9. The molecule has 0 aliphatic heterocycles. The van der Waals surface area contributed by atoms with Crippen LogP contribution in [-0.2, 0) is 10.2 Å². The first kappa shape index (κ1) is 8.85. The van der Waals surface area contributed by atoms with E-state index in [2.05, 4.69) is 4.98 Å². The van der Waals surface area contributed by atoms with E-state index < -0.39 is 5.41 Å². The van der Waals surface area contributed by atoms with Gasteiger partial charge in [-0.05, 0) is 25.0 Å². The van der Waals surface area contributed by atoms with E-state index in [1.807, 2.05) is 24.3 Å². The summed E-state index contributed by atoms with van der Waals surface area (Å²) in [5.74, 6) is -0.235. The molecule has 15 heavy (non-hydrogen) atoms. The summed E-state index contributed by atoms with van der Waals surface area (Å²) in [4.78, 5) is 15.8. The minimum Gasteiger partial charge on any atom is -0.369 e. The lowest BCUT2D eigenvalue weighted by atomic mass is 10.1. The Hall–Kier alpha value is -1.42. The molecule has 1 saturated carbocycles. The first-order chi connectivity index (χ1) is 7.22. The average Bonchev–Trinajstić information content (AvgIpc) is 2.93. The maximum atomic E-state index is 11.3. The fraction of sp³-hybridized carbons (Fsp3) is 0.273. The topological polar surface area (TPSA) is 56.0 Å². The molecule has 0 unspecified atom stereocenters. The monoisotopic (exact) mass is 218 g/mol. The van der Waals surface area contributed by atoms with Crippen LogP contribution in [0.2, 0.25) is 0 Å². The lowest BCUT2D eigenvalue weighted by Crippen LogP contribution is -2.28. The number of benzene rings is 1. The average molecular weight is 218 g/mol. The molecule has 0 radical (unpaired) electrons. The SMILES string of the molecule is NC(=O)C1(c2nc3ccccc3s2)CC1. The molecule has 0 atom stereocenters. The van der Waals surface area contributed by atoms with Crippen LogP contribution in [0.3, 0.4) is 0 Å². The van der Waals surface area contributed by atoms with Gasteiger partial charge in [0, 0.05) is 0 Å². The quantitative estimate of drug-likeness (QED) is 0.835. The van der Waals surface area contributed by atoms with E-state index in [4.69, 9.17) is 5.73 Å². The molecule has 1 amide bonds. The number of aromatic nitrogens is 1. The number of rotatable bonds is 2. The fourth-order valence-electron chi connectivity index (χ4n) is 1.77. The zero-order chi connectivity index (χ0) is 10.5. The molecule has 2 N–H and O–H groups in total. The maximum absolute atomic E-state index is 11.3. The van der Waals surface area contributed by atoms with E-state index in [1.165, 1.54) is 0 Å². The summed E-state index contributed by atoms with van der Waals surface area (Å²) in [5.41, 5.74) is 5.94. The van der Waals surface area contributed by atoms with Crippen molar-refractivity contribution in [3.8, 4) is 0 Å². The lowest BCUT2D eigenvalue weighted by Gasteiger charge is -2.04. The van der Waals surface area contributed by atoms with E-state index in [-0.39, 0.29) is 5.91 Å². The smallest absolute Gasteiger partial charge is 0.230 e. The molecular formula is C11H10N2OS. The van der Waals surface area contributed by atoms with Crippen molar-refractivity contribution in [2.45, 2.75) is 18.3 Å². The second-order valence-corrected chi connectivity index (χ2v) is 4.96. The Balaban J connectivity index is 2.17. The molecule has 0 bridgehead atoms. The summed E-state index contributed by atoms with van der Waals surface area (Å²) in [6.07, 6.45) is 1.70. The Morgan fingerprint density at radius 3 is 2.73 bits per heavy atom. The molecule has 76 valence electrons. The van der Waals surface area contributed by atoms with Gasteiger partial charge in [0.05, 0.1) is 10.2 Å². The number of nitrogens with two attached hydrogens (primary N) is 1. The summed E-state index contributed by atoms with van der Waals surface area (Å²) in [6, 6.07) is 7.92. The van der Waals surface area contributed by atoms with Gasteiger partial charge in [-0.25, -0.2) is 4.98 Å². The number of fused-ring (bicyclic) bond motifs is 1. The summed E-state index contributed by atoms with van der Waals surface area (Å²) >= 11 is 1.58. The lowest BCUT2D eigenvalue weighted by molar-refractivity contribution is -0.120. The van der Waals surface area contributed by atoms with E-state index >= 15 is 0 Å². The van der Waals surface area contributed by atoms with Crippen LogP contribution in [-0.4, -0.2) is 10.9 Å². The second-order valence-electron chi connectivity index (χ2n) is 3.93. The van der Waals surface area contributed by atoms with Crippen LogP contribution >= 0.6 is 11.3 Å². The number of hydrogen-bond donors (Lipinski definition) is 1. The number of para-hydroxylation sites is 1. The zero-order valence-electron chi connectivity index (χ0n) is 8.06. The predicted molar refractivity (Wildman–Crippen MR) is 59.7 cm³/mol. The second kappa shape index (κ2) is 2.79. The van der Waals surface area contributed by atoms with Crippen molar-refractivity contribution in [2.24, 2.45) is 5.73 Å². The van der Waals surface area contributed by atoms with Crippen LogP contribution in [0.1, 0.15) is 17.8 Å². The Labute approximate surface area is 90.9 Å². The summed E-state index contributed by atoms with van der Waals surface area (Å²) < 4.78 is 1.13. The van der Waals surface area contributed by atoms with Gasteiger partial charge in [-0.15, -0.1) is 11.3 Å². The van der Waals surface area contributed by atoms with Gasteiger partial charge in [0.15, 0.2) is 0 Å². The van der Waals surface area contributed by atoms with E-state index in [0.717, 1.165) is 28.1 Å². The van der Waals surface area contributed by atoms with Gasteiger partial charge in [0.1, 0.15) is 10.4 Å². The zero-order valence-corrected chi connectivity index (χ0v) is 8.88. The highest BCUT2D eigenvalue weighted by Gasteiger charge is 2.52. The highest BCUT2D eigenvalue weighted by molar-refractivity contribution is 7.18. The van der Waals surface area contributed by atoms with Crippen molar-refractivity contribution in [1.82, 2.24) is 4.98 Å². The molecule has 2 aromatic rings. The van der Waals surface area contributed by atoms with Crippen molar-refractivity contribution < 1.29 is 4.79 Å². The number of primary amides is 1. The Morgan fingerprint density at radius 2 is 2.13 bits per heavy atom. The van der Waals surface area contributed by atoms with Crippen LogP contribution in [0.4, 0.5) is 0 Å². The molecule has 1 aromatic heterocycles. The standard InChI is InChI=1S/C11H10N2OS/c12-9(14)11(5-6-11)10-13-7-3-1-2-4-8(7)15-10/h1-4H,5-6H2,(H2,12,14). The maximum Gasteiger partial charge on any atom is 0.230 e. The Morgan fingerprint density at radius 1 is 1.40 bits per heavy atom. The van der Waals surface area contributed by atoms with Crippen molar-refractivity contribution in [3.63, 3.8) is 0 Å². The van der Waals surface area contributed by atoms with E-state index in [9.17, 15) is 4.79 Å². The number of nitrogens with zero attached hydrogens (tertiary/aromatic N) is 1. The summed E-state index contributed by atoms with van der Waals surface area (Å²) in [7, 11) is 0. The molecule has 0 saturated heterocycles. The largest absolute Gasteiger partial charge is 0.369 e. The third-order valence-corrected chi connectivity index (χ3v) is 4.17. The van der Waals surface area contributed by atoms with Crippen molar-refractivity contribution >= 4 is 27.5 Å². The first-order valence-corrected chi connectivity index (χ1v) is 5.70. The molecule has 1 aliphatic rings. The molecule has 4 heteroatoms. The van der Waals surface area contributed by atoms with Crippen LogP contribution in [0, 0.1) is 0 Å². The molecule has 3 rings (SSSR count). The van der Waals surface area contributed by atoms with Gasteiger partial charge < -0.3 is 5.73 Å². The van der Waals surface area contributed by atoms with Crippen LogP contribution < -0.4 is 5.73 Å². The Kier molecular flexibility index (Phi) is 1.65. The van der Waals surface area contributed by atoms with Crippen molar-refractivity contribution in [2.75, 3.05) is 0 Å². The van der Waals surface area contributed by atoms with Gasteiger partial charge in [0.25, 0.3) is 0 Å². The summed E-state index contributed by atoms with van der Waals surface area (Å²) in [6.45, 7) is 0. The molecule has 1 aliphatic carbocycles. The first-order valence-electron chi connectivity index (χ1n) is 4.88. The third kappa shape index (κ3) is 1.18. The molecule has 1 heterocycles. The third-order valence-electron chi connectivity index (χ3n) is 2.92. The minimum atomic E-state index is -0.441. The highest BCUT2D eigenvalue weighted by atomic mass is 32.1. The number of hydrogen-bond acceptors (Lipinski definition) is 3. The van der Waals surface area contributed by atoms with Gasteiger partial charge in [-0.1, -0.05) is 12.1 Å². The van der Waals surface area contributed by atoms with Crippen LogP contribution in [0.15, 0.2) is 24.3 Å². The van der Waals surface area contributed by atoms with Crippen LogP contribution in [0.25, 0.3) is 10.2 Å². The summed E-state index contributed by atoms with van der Waals surface area (Å²) in [5, 5.41) is 0.885. The highest BCUT2D eigenvalue weighted by Crippen LogP contribution is 2.49. The van der Waals surface area contributed by atoms with Gasteiger partial charge >= 0.3 is 0 Å². The van der Waals surface area contributed by atoms with Crippen molar-refractivity contribution in [1.29, 1.82) is 0 Å². The molecule has 1 aromatic carbocycles. The molecular weight excluding hydrogens is 208 g/mol. The van der Waals surface area contributed by atoms with E-state index in [0.29, 0.717) is 0 Å². The van der Waals surface area contributed by atoms with Crippen LogP contribution in [0.5, 0.6) is 0 Å². The minimum absolute atomic E-state index is 0.235. The van der Waals surface area contributed by atoms with Crippen molar-refractivity contribution in [3.05, 3.63) is 29.3 Å². The predicted octanol–water partition coefficient (Wildman–Crippen LogP) is 1.81. The Bertz CT molecular complexity index is 509. The molecule has 0 spiro atoms. The number of amides is 1. The molecule has 3 nitrogen and oxygen atoms in total. The number of carbonyl (C=O) groups excluding carboxylic acids is 1.